The first-order chi connectivity index (χ1) is 9.51. The molecule has 6 nitrogen and oxygen atoms in total. The fourth-order valence-electron chi connectivity index (χ4n) is 1.52. The van der Waals surface area contributed by atoms with Crippen LogP contribution in [0.4, 0.5) is 11.4 Å². The van der Waals surface area contributed by atoms with Gasteiger partial charge in [-0.15, -0.1) is 0 Å². The van der Waals surface area contributed by atoms with Gasteiger partial charge < -0.3 is 20.1 Å². The number of aromatic nitrogens is 2. The van der Waals surface area contributed by atoms with Crippen LogP contribution >= 0.6 is 15.9 Å². The molecule has 20 heavy (non-hydrogen) atoms. The highest BCUT2D eigenvalue weighted by Gasteiger charge is 2.10. The molecule has 0 saturated carbocycles. The van der Waals surface area contributed by atoms with Gasteiger partial charge in [-0.3, -0.25) is 0 Å². The minimum atomic E-state index is 0.174. The first-order valence-electron chi connectivity index (χ1n) is 5.82. The molecule has 0 aliphatic rings. The van der Waals surface area contributed by atoms with E-state index in [9.17, 15) is 0 Å². The molecule has 0 radical (unpaired) electrons. The smallest absolute Gasteiger partial charge is 0.325 e. The summed E-state index contributed by atoms with van der Waals surface area (Å²) in [7, 11) is 5.40. The monoisotopic (exact) mass is 338 g/mol. The van der Waals surface area contributed by atoms with Crippen LogP contribution in [0.1, 0.15) is 0 Å². The van der Waals surface area contributed by atoms with Gasteiger partial charge in [0.2, 0.25) is 5.88 Å². The predicted octanol–water partition coefficient (Wildman–Crippen LogP) is 2.69. The van der Waals surface area contributed by atoms with Crippen LogP contribution in [0, 0.1) is 0 Å². The molecule has 7 heteroatoms. The number of methoxy groups -OCH3 is 1. The molecule has 2 aromatic rings. The quantitative estimate of drug-likeness (QED) is 0.864. The Hall–Kier alpha value is -2.02. The van der Waals surface area contributed by atoms with Gasteiger partial charge in [-0.05, 0) is 28.1 Å². The van der Waals surface area contributed by atoms with Crippen molar-refractivity contribution in [2.45, 2.75) is 0 Å². The molecule has 0 aliphatic heterocycles. The Bertz CT molecular complexity index is 619. The van der Waals surface area contributed by atoms with Crippen molar-refractivity contribution in [3.63, 3.8) is 0 Å². The van der Waals surface area contributed by atoms with Crippen molar-refractivity contribution in [3.05, 3.63) is 28.9 Å². The number of benzene rings is 1. The van der Waals surface area contributed by atoms with E-state index in [4.69, 9.17) is 15.2 Å². The molecule has 0 bridgehead atoms. The number of hydrogen-bond donors (Lipinski definition) is 1. The first kappa shape index (κ1) is 14.4. The van der Waals surface area contributed by atoms with E-state index in [2.05, 4.69) is 25.9 Å². The zero-order valence-corrected chi connectivity index (χ0v) is 13.0. The van der Waals surface area contributed by atoms with Crippen LogP contribution in [0.2, 0.25) is 0 Å². The van der Waals surface area contributed by atoms with E-state index in [0.29, 0.717) is 21.8 Å². The third-order valence-corrected chi connectivity index (χ3v) is 3.14. The molecule has 0 atom stereocenters. The topological polar surface area (TPSA) is 73.5 Å². The van der Waals surface area contributed by atoms with Crippen LogP contribution in [0.15, 0.2) is 28.9 Å². The van der Waals surface area contributed by atoms with E-state index in [1.54, 1.807) is 12.3 Å². The van der Waals surface area contributed by atoms with Crippen molar-refractivity contribution in [3.8, 4) is 17.6 Å². The lowest BCUT2D eigenvalue weighted by Gasteiger charge is -2.15. The lowest BCUT2D eigenvalue weighted by molar-refractivity contribution is 0.374. The van der Waals surface area contributed by atoms with E-state index >= 15 is 0 Å². The van der Waals surface area contributed by atoms with Crippen molar-refractivity contribution in [1.82, 2.24) is 9.97 Å². The van der Waals surface area contributed by atoms with Crippen molar-refractivity contribution in [2.75, 3.05) is 31.8 Å². The van der Waals surface area contributed by atoms with Gasteiger partial charge in [-0.2, -0.15) is 4.98 Å². The molecule has 0 amide bonds. The Labute approximate surface area is 125 Å². The van der Waals surface area contributed by atoms with Crippen LogP contribution < -0.4 is 20.1 Å². The Morgan fingerprint density at radius 3 is 2.70 bits per heavy atom. The van der Waals surface area contributed by atoms with E-state index in [-0.39, 0.29) is 6.01 Å². The highest BCUT2D eigenvalue weighted by Crippen LogP contribution is 2.31. The summed E-state index contributed by atoms with van der Waals surface area (Å²) in [6, 6.07) is 5.69. The Balaban J connectivity index is 2.32. The van der Waals surface area contributed by atoms with Gasteiger partial charge in [-0.1, -0.05) is 0 Å². The highest BCUT2D eigenvalue weighted by atomic mass is 79.9. The molecule has 0 saturated heterocycles. The third-order valence-electron chi connectivity index (χ3n) is 2.60. The third kappa shape index (κ3) is 3.11. The maximum absolute atomic E-state index is 5.90. The molecule has 0 spiro atoms. The van der Waals surface area contributed by atoms with Crippen molar-refractivity contribution < 1.29 is 9.47 Å². The number of hydrogen-bond acceptors (Lipinski definition) is 6. The number of nitrogens with zero attached hydrogens (tertiary/aromatic N) is 3. The van der Waals surface area contributed by atoms with Gasteiger partial charge in [0.1, 0.15) is 0 Å². The summed E-state index contributed by atoms with van der Waals surface area (Å²) in [6.45, 7) is 0. The standard InChI is InChI=1S/C13H15BrN4O2/c1-18(2)8-4-5-10(15)11(6-8)20-13-16-7-9(14)12(17-13)19-3/h4-7H,15H2,1-3H3. The summed E-state index contributed by atoms with van der Waals surface area (Å²) >= 11 is 3.28. The molecular formula is C13H15BrN4O2. The summed E-state index contributed by atoms with van der Waals surface area (Å²) in [6.07, 6.45) is 1.56. The lowest BCUT2D eigenvalue weighted by atomic mass is 10.2. The minimum Gasteiger partial charge on any atom is -0.480 e. The fourth-order valence-corrected chi connectivity index (χ4v) is 1.87. The van der Waals surface area contributed by atoms with Crippen LogP contribution in [-0.4, -0.2) is 31.2 Å². The summed E-state index contributed by atoms with van der Waals surface area (Å²) in [5.41, 5.74) is 7.38. The molecule has 1 aromatic carbocycles. The maximum atomic E-state index is 5.90. The Kier molecular flexibility index (Phi) is 4.29. The highest BCUT2D eigenvalue weighted by molar-refractivity contribution is 9.10. The summed E-state index contributed by atoms with van der Waals surface area (Å²) < 4.78 is 11.4. The number of nitrogens with two attached hydrogens (primary N) is 1. The minimum absolute atomic E-state index is 0.174. The normalized spacial score (nSPS) is 10.2. The average molecular weight is 339 g/mol. The molecule has 1 heterocycles. The van der Waals surface area contributed by atoms with Gasteiger partial charge in [0.05, 0.1) is 23.5 Å². The van der Waals surface area contributed by atoms with Crippen LogP contribution in [0.5, 0.6) is 17.6 Å². The zero-order valence-electron chi connectivity index (χ0n) is 11.4. The number of nitrogen functional groups attached to an aromatic ring is 1. The molecule has 2 N–H and O–H groups in total. The fraction of sp³-hybridized carbons (Fsp3) is 0.231. The summed E-state index contributed by atoms with van der Waals surface area (Å²) in [5.74, 6) is 0.901. The van der Waals surface area contributed by atoms with E-state index in [1.807, 2.05) is 31.1 Å². The Morgan fingerprint density at radius 2 is 2.05 bits per heavy atom. The molecule has 0 aliphatic carbocycles. The van der Waals surface area contributed by atoms with Gasteiger partial charge in [0.15, 0.2) is 5.75 Å². The van der Waals surface area contributed by atoms with Gasteiger partial charge in [0, 0.05) is 25.8 Å². The van der Waals surface area contributed by atoms with Gasteiger partial charge in [0.25, 0.3) is 0 Å². The number of ether oxygens (including phenoxy) is 2. The average Bonchev–Trinajstić information content (AvgIpc) is 2.43. The second-order valence-electron chi connectivity index (χ2n) is 4.23. The van der Waals surface area contributed by atoms with Crippen LogP contribution in [-0.2, 0) is 0 Å². The number of anilines is 2. The summed E-state index contributed by atoms with van der Waals surface area (Å²) in [4.78, 5) is 10.2. The SMILES string of the molecule is COc1nc(Oc2cc(N(C)C)ccc2N)ncc1Br. The largest absolute Gasteiger partial charge is 0.480 e. The second-order valence-corrected chi connectivity index (χ2v) is 5.08. The van der Waals surface area contributed by atoms with Gasteiger partial charge in [-0.25, -0.2) is 4.98 Å². The van der Waals surface area contributed by atoms with Crippen molar-refractivity contribution in [2.24, 2.45) is 0 Å². The summed E-state index contributed by atoms with van der Waals surface area (Å²) in [5, 5.41) is 0. The molecule has 106 valence electrons. The van der Waals surface area contributed by atoms with Crippen LogP contribution in [0.3, 0.4) is 0 Å². The predicted molar refractivity (Wildman–Crippen MR) is 81.5 cm³/mol. The van der Waals surface area contributed by atoms with Crippen LogP contribution in [0.25, 0.3) is 0 Å². The molecule has 2 rings (SSSR count). The number of halogens is 1. The molecule has 0 fully saturated rings. The molecule has 1 aromatic heterocycles. The Morgan fingerprint density at radius 1 is 1.30 bits per heavy atom. The first-order valence-corrected chi connectivity index (χ1v) is 6.62. The zero-order chi connectivity index (χ0) is 14.7. The number of rotatable bonds is 4. The van der Waals surface area contributed by atoms with Crippen molar-refractivity contribution >= 4 is 27.3 Å². The van der Waals surface area contributed by atoms with Gasteiger partial charge >= 0.3 is 6.01 Å². The maximum Gasteiger partial charge on any atom is 0.325 e. The van der Waals surface area contributed by atoms with E-state index < -0.39 is 0 Å². The molecule has 0 unspecified atom stereocenters. The second kappa shape index (κ2) is 5.96. The van der Waals surface area contributed by atoms with E-state index in [1.165, 1.54) is 7.11 Å². The van der Waals surface area contributed by atoms with E-state index in [0.717, 1.165) is 5.69 Å². The lowest BCUT2D eigenvalue weighted by Crippen LogP contribution is -2.09. The molecular weight excluding hydrogens is 324 g/mol. The van der Waals surface area contributed by atoms with Crippen molar-refractivity contribution in [1.29, 1.82) is 0 Å².